The minimum Gasteiger partial charge on any atom is -0.478 e. The number of ether oxygens (including phenoxy) is 1. The normalized spacial score (nSPS) is 23.4. The third-order valence-corrected chi connectivity index (χ3v) is 4.61. The largest absolute Gasteiger partial charge is 0.478 e. The van der Waals surface area contributed by atoms with Crippen molar-refractivity contribution in [2.45, 2.75) is 58.4 Å². The van der Waals surface area contributed by atoms with Crippen LogP contribution in [0.2, 0.25) is 0 Å². The number of carboxylic acids is 1. The lowest BCUT2D eigenvalue weighted by Crippen LogP contribution is -2.40. The molecule has 1 atom stereocenters. The van der Waals surface area contributed by atoms with E-state index in [0.717, 1.165) is 19.4 Å². The average molecular weight is 306 g/mol. The van der Waals surface area contributed by atoms with Crippen LogP contribution in [0, 0.1) is 0 Å². The summed E-state index contributed by atoms with van der Waals surface area (Å²) < 4.78 is 7.55. The lowest BCUT2D eigenvalue weighted by atomic mass is 10.1. The average Bonchev–Trinajstić information content (AvgIpc) is 3.00. The summed E-state index contributed by atoms with van der Waals surface area (Å²) in [6, 6.07) is 1.72. The highest BCUT2D eigenvalue weighted by Gasteiger charge is 2.35. The van der Waals surface area contributed by atoms with Crippen LogP contribution in [0.15, 0.2) is 6.07 Å². The second-order valence-corrected chi connectivity index (χ2v) is 6.82. The van der Waals surface area contributed by atoms with Gasteiger partial charge in [-0.2, -0.15) is 0 Å². The zero-order chi connectivity index (χ0) is 16.1. The minimum atomic E-state index is -1.01. The van der Waals surface area contributed by atoms with Crippen LogP contribution in [0.25, 0.3) is 0 Å². The first kappa shape index (κ1) is 15.1. The molecule has 6 heteroatoms. The van der Waals surface area contributed by atoms with Crippen LogP contribution in [-0.4, -0.2) is 44.6 Å². The molecule has 0 aromatic carbocycles. The first-order valence-corrected chi connectivity index (χ1v) is 7.71. The van der Waals surface area contributed by atoms with Crippen molar-refractivity contribution in [3.8, 4) is 0 Å². The molecule has 0 bridgehead atoms. The number of carboxylic acid groups (broad SMARTS) is 1. The number of nitrogens with zero attached hydrogens (tertiary/aromatic N) is 2. The third-order valence-electron chi connectivity index (χ3n) is 4.61. The van der Waals surface area contributed by atoms with Crippen molar-refractivity contribution in [3.63, 3.8) is 0 Å². The van der Waals surface area contributed by atoms with Crippen LogP contribution in [0.3, 0.4) is 0 Å². The van der Waals surface area contributed by atoms with Gasteiger partial charge in [0.25, 0.3) is 5.91 Å². The van der Waals surface area contributed by atoms with E-state index in [9.17, 15) is 14.7 Å². The summed E-state index contributed by atoms with van der Waals surface area (Å²) in [5.74, 6) is -1.09. The predicted octanol–water partition coefficient (Wildman–Crippen LogP) is 2.12. The van der Waals surface area contributed by atoms with Crippen molar-refractivity contribution in [3.05, 3.63) is 23.0 Å². The summed E-state index contributed by atoms with van der Waals surface area (Å²) >= 11 is 0. The van der Waals surface area contributed by atoms with E-state index >= 15 is 0 Å². The molecule has 0 spiro atoms. The Morgan fingerprint density at radius 1 is 1.41 bits per heavy atom. The molecule has 0 aliphatic carbocycles. The van der Waals surface area contributed by atoms with Crippen LogP contribution in [0.4, 0.5) is 0 Å². The fourth-order valence-corrected chi connectivity index (χ4v) is 3.36. The molecule has 3 heterocycles. The van der Waals surface area contributed by atoms with Crippen molar-refractivity contribution in [1.29, 1.82) is 0 Å². The molecule has 6 nitrogen and oxygen atoms in total. The second-order valence-electron chi connectivity index (χ2n) is 6.82. The number of fused-ring (bicyclic) bond motifs is 1. The van der Waals surface area contributed by atoms with E-state index in [1.54, 1.807) is 0 Å². The van der Waals surface area contributed by atoms with E-state index in [1.165, 1.54) is 6.07 Å². The smallest absolute Gasteiger partial charge is 0.337 e. The van der Waals surface area contributed by atoms with E-state index in [1.807, 2.05) is 30.2 Å². The van der Waals surface area contributed by atoms with Gasteiger partial charge in [-0.15, -0.1) is 0 Å². The predicted molar refractivity (Wildman–Crippen MR) is 80.0 cm³/mol. The quantitative estimate of drug-likeness (QED) is 0.908. The van der Waals surface area contributed by atoms with Gasteiger partial charge in [0.15, 0.2) is 0 Å². The Morgan fingerprint density at radius 2 is 2.14 bits per heavy atom. The van der Waals surface area contributed by atoms with Gasteiger partial charge in [-0.05, 0) is 39.7 Å². The number of aromatic carboxylic acids is 1. The Kier molecular flexibility index (Phi) is 3.51. The van der Waals surface area contributed by atoms with Crippen molar-refractivity contribution in [1.82, 2.24) is 9.47 Å². The molecule has 1 amide bonds. The summed E-state index contributed by atoms with van der Waals surface area (Å²) in [4.78, 5) is 26.2. The fraction of sp³-hybridized carbons (Fsp3) is 0.625. The van der Waals surface area contributed by atoms with E-state index in [2.05, 4.69) is 0 Å². The van der Waals surface area contributed by atoms with Gasteiger partial charge in [-0.3, -0.25) is 4.79 Å². The van der Waals surface area contributed by atoms with Crippen LogP contribution in [0.1, 0.15) is 60.2 Å². The topological polar surface area (TPSA) is 71.8 Å². The maximum atomic E-state index is 12.8. The van der Waals surface area contributed by atoms with Gasteiger partial charge in [0.05, 0.1) is 30.0 Å². The van der Waals surface area contributed by atoms with Gasteiger partial charge in [0.1, 0.15) is 5.69 Å². The lowest BCUT2D eigenvalue weighted by Gasteiger charge is -2.33. The molecule has 2 aliphatic rings. The van der Waals surface area contributed by atoms with E-state index < -0.39 is 11.6 Å². The van der Waals surface area contributed by atoms with Gasteiger partial charge < -0.3 is 19.3 Å². The number of hydrogen-bond donors (Lipinski definition) is 1. The number of hydrogen-bond acceptors (Lipinski definition) is 3. The van der Waals surface area contributed by atoms with Crippen molar-refractivity contribution < 1.29 is 19.4 Å². The molecular weight excluding hydrogens is 284 g/mol. The zero-order valence-corrected chi connectivity index (χ0v) is 13.3. The first-order valence-electron chi connectivity index (χ1n) is 7.71. The molecule has 1 aromatic rings. The van der Waals surface area contributed by atoms with Crippen molar-refractivity contribution >= 4 is 11.9 Å². The Labute approximate surface area is 129 Å². The minimum absolute atomic E-state index is 0.0727. The van der Waals surface area contributed by atoms with Gasteiger partial charge in [0, 0.05) is 12.6 Å². The highest BCUT2D eigenvalue weighted by atomic mass is 16.5. The Bertz CT molecular complexity index is 632. The van der Waals surface area contributed by atoms with Crippen LogP contribution < -0.4 is 0 Å². The van der Waals surface area contributed by atoms with Gasteiger partial charge >= 0.3 is 5.97 Å². The standard InChI is InChI=1S/C16H22N2O4/c1-10-5-4-6-17(10)14(19)12-7-11(15(20)21)13-8-22-16(2,3)9-18(12)13/h7,10H,4-6,8-9H2,1-3H3,(H,20,21)/t10-/m0/s1. The Morgan fingerprint density at radius 3 is 2.73 bits per heavy atom. The first-order chi connectivity index (χ1) is 10.3. The summed E-state index contributed by atoms with van der Waals surface area (Å²) in [6.45, 7) is 7.38. The summed E-state index contributed by atoms with van der Waals surface area (Å²) in [7, 11) is 0. The molecule has 0 unspecified atom stereocenters. The highest BCUT2D eigenvalue weighted by Crippen LogP contribution is 2.30. The molecule has 120 valence electrons. The van der Waals surface area contributed by atoms with Gasteiger partial charge in [-0.25, -0.2) is 4.79 Å². The Balaban J connectivity index is 2.04. The number of rotatable bonds is 2. The number of carbonyl (C=O) groups is 2. The third kappa shape index (κ3) is 2.41. The Hall–Kier alpha value is -1.82. The number of amides is 1. The second kappa shape index (κ2) is 5.12. The van der Waals surface area contributed by atoms with Crippen molar-refractivity contribution in [2.24, 2.45) is 0 Å². The molecule has 1 saturated heterocycles. The van der Waals surface area contributed by atoms with Gasteiger partial charge in [0.2, 0.25) is 0 Å². The molecular formula is C16H22N2O4. The summed E-state index contributed by atoms with van der Waals surface area (Å²) in [6.07, 6.45) is 2.00. The molecule has 1 aromatic heterocycles. The zero-order valence-electron chi connectivity index (χ0n) is 13.3. The van der Waals surface area contributed by atoms with E-state index in [0.29, 0.717) is 17.9 Å². The summed E-state index contributed by atoms with van der Waals surface area (Å²) in [5.41, 5.74) is 0.818. The SMILES string of the molecule is C[C@H]1CCCN1C(=O)c1cc(C(=O)O)c2n1CC(C)(C)OC2. The molecule has 3 rings (SSSR count). The van der Waals surface area contributed by atoms with Crippen LogP contribution in [-0.2, 0) is 17.9 Å². The van der Waals surface area contributed by atoms with E-state index in [4.69, 9.17) is 4.74 Å². The molecule has 2 aliphatic heterocycles. The lowest BCUT2D eigenvalue weighted by molar-refractivity contribution is -0.0634. The maximum Gasteiger partial charge on any atom is 0.337 e. The van der Waals surface area contributed by atoms with Crippen molar-refractivity contribution in [2.75, 3.05) is 6.54 Å². The highest BCUT2D eigenvalue weighted by molar-refractivity contribution is 5.98. The fourth-order valence-electron chi connectivity index (χ4n) is 3.36. The molecule has 1 N–H and O–H groups in total. The van der Waals surface area contributed by atoms with Crippen LogP contribution in [0.5, 0.6) is 0 Å². The van der Waals surface area contributed by atoms with Crippen LogP contribution >= 0.6 is 0 Å². The summed E-state index contributed by atoms with van der Waals surface area (Å²) in [5, 5.41) is 9.39. The molecule has 22 heavy (non-hydrogen) atoms. The molecule has 0 radical (unpaired) electrons. The number of likely N-dealkylation sites (tertiary alicyclic amines) is 1. The van der Waals surface area contributed by atoms with Gasteiger partial charge in [-0.1, -0.05) is 0 Å². The number of carbonyl (C=O) groups excluding carboxylic acids is 1. The molecule has 1 fully saturated rings. The van der Waals surface area contributed by atoms with E-state index in [-0.39, 0.29) is 24.1 Å². The maximum absolute atomic E-state index is 12.8. The monoisotopic (exact) mass is 306 g/mol. The molecule has 0 saturated carbocycles. The number of aromatic nitrogens is 1.